The molecule has 11 heavy (non-hydrogen) atoms. The first-order chi connectivity index (χ1) is 5.27. The molecule has 3 heteroatoms. The van der Waals surface area contributed by atoms with Gasteiger partial charge in [0.05, 0.1) is 0 Å². The molecule has 2 fully saturated rings. The van der Waals surface area contributed by atoms with Crippen LogP contribution < -0.4 is 11.1 Å². The van der Waals surface area contributed by atoms with Crippen molar-refractivity contribution in [1.82, 2.24) is 5.32 Å². The van der Waals surface area contributed by atoms with Gasteiger partial charge in [-0.25, -0.2) is 0 Å². The van der Waals surface area contributed by atoms with Crippen LogP contribution in [0.5, 0.6) is 0 Å². The van der Waals surface area contributed by atoms with E-state index >= 15 is 0 Å². The molecule has 0 aromatic carbocycles. The van der Waals surface area contributed by atoms with Crippen molar-refractivity contribution in [3.8, 4) is 0 Å². The summed E-state index contributed by atoms with van der Waals surface area (Å²) in [6, 6.07) is 0. The predicted octanol–water partition coefficient (Wildman–Crippen LogP) is -0.283. The van der Waals surface area contributed by atoms with Gasteiger partial charge in [-0.2, -0.15) is 0 Å². The molecule has 2 aliphatic rings. The van der Waals surface area contributed by atoms with Crippen molar-refractivity contribution >= 4 is 5.91 Å². The third-order valence-electron chi connectivity index (χ3n) is 3.06. The lowest BCUT2D eigenvalue weighted by Gasteiger charge is -2.04. The van der Waals surface area contributed by atoms with Gasteiger partial charge >= 0.3 is 0 Å². The number of rotatable bonds is 1. The van der Waals surface area contributed by atoms with Gasteiger partial charge in [-0.3, -0.25) is 4.79 Å². The molecule has 1 amide bonds. The summed E-state index contributed by atoms with van der Waals surface area (Å²) in [6.45, 7) is 2.18. The summed E-state index contributed by atoms with van der Waals surface area (Å²) >= 11 is 0. The monoisotopic (exact) mass is 154 g/mol. The lowest BCUT2D eigenvalue weighted by Crippen LogP contribution is -2.23. The van der Waals surface area contributed by atoms with Crippen LogP contribution >= 0.6 is 0 Å². The van der Waals surface area contributed by atoms with Crippen LogP contribution in [0, 0.1) is 17.8 Å². The lowest BCUT2D eigenvalue weighted by molar-refractivity contribution is -0.121. The van der Waals surface area contributed by atoms with Crippen molar-refractivity contribution in [1.29, 1.82) is 0 Å². The Balaban J connectivity index is 1.99. The zero-order valence-electron chi connectivity index (χ0n) is 6.55. The highest BCUT2D eigenvalue weighted by Gasteiger charge is 2.39. The molecule has 1 saturated carbocycles. The molecule has 0 spiro atoms. The van der Waals surface area contributed by atoms with Crippen LogP contribution in [0.15, 0.2) is 0 Å². The van der Waals surface area contributed by atoms with E-state index in [0.717, 1.165) is 37.8 Å². The molecule has 3 atom stereocenters. The quantitative estimate of drug-likeness (QED) is 0.545. The van der Waals surface area contributed by atoms with E-state index in [9.17, 15) is 4.79 Å². The summed E-state index contributed by atoms with van der Waals surface area (Å²) in [7, 11) is 0. The highest BCUT2D eigenvalue weighted by molar-refractivity contribution is 5.77. The Bertz CT molecular complexity index is 169. The van der Waals surface area contributed by atoms with Gasteiger partial charge < -0.3 is 11.1 Å². The molecule has 62 valence electrons. The fraction of sp³-hybridized carbons (Fsp3) is 0.875. The first-order valence-electron chi connectivity index (χ1n) is 4.27. The number of nitrogens with one attached hydrogen (secondary N) is 1. The van der Waals surface area contributed by atoms with Crippen LogP contribution in [-0.4, -0.2) is 19.0 Å². The summed E-state index contributed by atoms with van der Waals surface area (Å²) in [4.78, 5) is 10.8. The van der Waals surface area contributed by atoms with Crippen molar-refractivity contribution in [3.63, 3.8) is 0 Å². The SMILES string of the molecule is NC(=O)[C@@H]1C[C@H]2CNC[C@H]2C1. The highest BCUT2D eigenvalue weighted by Crippen LogP contribution is 2.38. The van der Waals surface area contributed by atoms with E-state index in [-0.39, 0.29) is 11.8 Å². The summed E-state index contributed by atoms with van der Waals surface area (Å²) in [5.74, 6) is 1.53. The van der Waals surface area contributed by atoms with Crippen LogP contribution in [0.2, 0.25) is 0 Å². The minimum atomic E-state index is -0.0978. The number of hydrogen-bond acceptors (Lipinski definition) is 2. The molecule has 2 rings (SSSR count). The number of primary amides is 1. The van der Waals surface area contributed by atoms with Crippen LogP contribution in [0.3, 0.4) is 0 Å². The predicted molar refractivity (Wildman–Crippen MR) is 41.8 cm³/mol. The summed E-state index contributed by atoms with van der Waals surface area (Å²) in [5.41, 5.74) is 5.24. The molecular weight excluding hydrogens is 140 g/mol. The number of carbonyl (C=O) groups is 1. The zero-order valence-corrected chi connectivity index (χ0v) is 6.55. The van der Waals surface area contributed by atoms with Gasteiger partial charge in [0.2, 0.25) is 5.91 Å². The second kappa shape index (κ2) is 2.48. The number of hydrogen-bond donors (Lipinski definition) is 2. The molecular formula is C8H14N2O. The topological polar surface area (TPSA) is 55.1 Å². The summed E-state index contributed by atoms with van der Waals surface area (Å²) in [6.07, 6.45) is 2.04. The molecule has 1 saturated heterocycles. The first kappa shape index (κ1) is 7.10. The van der Waals surface area contributed by atoms with Gasteiger partial charge in [0.25, 0.3) is 0 Å². The molecule has 3 nitrogen and oxygen atoms in total. The Labute approximate surface area is 66.3 Å². The minimum absolute atomic E-state index is 0.0978. The molecule has 0 bridgehead atoms. The van der Waals surface area contributed by atoms with E-state index < -0.39 is 0 Å². The highest BCUT2D eigenvalue weighted by atomic mass is 16.1. The van der Waals surface area contributed by atoms with Gasteiger partial charge in [0.1, 0.15) is 0 Å². The Hall–Kier alpha value is -0.570. The number of nitrogens with two attached hydrogens (primary N) is 1. The minimum Gasteiger partial charge on any atom is -0.369 e. The molecule has 3 N–H and O–H groups in total. The van der Waals surface area contributed by atoms with Crippen LogP contribution in [-0.2, 0) is 4.79 Å². The van der Waals surface area contributed by atoms with Gasteiger partial charge in [-0.05, 0) is 37.8 Å². The van der Waals surface area contributed by atoms with Crippen molar-refractivity contribution < 1.29 is 4.79 Å². The third kappa shape index (κ3) is 1.13. The van der Waals surface area contributed by atoms with E-state index in [2.05, 4.69) is 5.32 Å². The Kier molecular flexibility index (Phi) is 1.60. The van der Waals surface area contributed by atoms with Crippen LogP contribution in [0.25, 0.3) is 0 Å². The van der Waals surface area contributed by atoms with Gasteiger partial charge in [-0.1, -0.05) is 0 Å². The molecule has 0 aromatic heterocycles. The van der Waals surface area contributed by atoms with Crippen LogP contribution in [0.4, 0.5) is 0 Å². The summed E-state index contributed by atoms with van der Waals surface area (Å²) < 4.78 is 0. The molecule has 0 unspecified atom stereocenters. The van der Waals surface area contributed by atoms with Crippen molar-refractivity contribution in [2.75, 3.05) is 13.1 Å². The maximum atomic E-state index is 10.8. The number of carbonyl (C=O) groups excluding carboxylic acids is 1. The Morgan fingerprint density at radius 2 is 1.82 bits per heavy atom. The average Bonchev–Trinajstić information content (AvgIpc) is 2.40. The van der Waals surface area contributed by atoms with Crippen molar-refractivity contribution in [3.05, 3.63) is 0 Å². The average molecular weight is 154 g/mol. The second-order valence-electron chi connectivity index (χ2n) is 3.75. The molecule has 0 radical (unpaired) electrons. The van der Waals surface area contributed by atoms with E-state index in [1.807, 2.05) is 0 Å². The van der Waals surface area contributed by atoms with Crippen molar-refractivity contribution in [2.24, 2.45) is 23.5 Å². The Morgan fingerprint density at radius 1 is 1.27 bits per heavy atom. The van der Waals surface area contributed by atoms with E-state index in [1.54, 1.807) is 0 Å². The van der Waals surface area contributed by atoms with Gasteiger partial charge in [-0.15, -0.1) is 0 Å². The zero-order chi connectivity index (χ0) is 7.84. The number of amides is 1. The van der Waals surface area contributed by atoms with Gasteiger partial charge in [0, 0.05) is 5.92 Å². The molecule has 1 aliphatic heterocycles. The van der Waals surface area contributed by atoms with Crippen LogP contribution in [0.1, 0.15) is 12.8 Å². The van der Waals surface area contributed by atoms with E-state index in [1.165, 1.54) is 0 Å². The van der Waals surface area contributed by atoms with Gasteiger partial charge in [0.15, 0.2) is 0 Å². The van der Waals surface area contributed by atoms with E-state index in [0.29, 0.717) is 0 Å². The molecule has 0 aromatic rings. The smallest absolute Gasteiger partial charge is 0.220 e. The maximum Gasteiger partial charge on any atom is 0.220 e. The maximum absolute atomic E-state index is 10.8. The van der Waals surface area contributed by atoms with Crippen molar-refractivity contribution in [2.45, 2.75) is 12.8 Å². The number of fused-ring (bicyclic) bond motifs is 1. The molecule has 1 heterocycles. The molecule has 1 aliphatic carbocycles. The lowest BCUT2D eigenvalue weighted by atomic mass is 10.0. The largest absolute Gasteiger partial charge is 0.369 e. The third-order valence-corrected chi connectivity index (χ3v) is 3.06. The fourth-order valence-electron chi connectivity index (χ4n) is 2.40. The second-order valence-corrected chi connectivity index (χ2v) is 3.75. The standard InChI is InChI=1S/C8H14N2O/c9-8(11)5-1-6-3-10-4-7(6)2-5/h5-7,10H,1-4H2,(H2,9,11)/t5-,6+,7-. The first-order valence-corrected chi connectivity index (χ1v) is 4.27. The Morgan fingerprint density at radius 3 is 2.27 bits per heavy atom. The summed E-state index contributed by atoms with van der Waals surface area (Å²) in [5, 5.41) is 3.33. The fourth-order valence-corrected chi connectivity index (χ4v) is 2.40. The van der Waals surface area contributed by atoms with E-state index in [4.69, 9.17) is 5.73 Å². The normalized spacial score (nSPS) is 42.4.